The molecule has 8 heteroatoms. The quantitative estimate of drug-likeness (QED) is 0.377. The van der Waals surface area contributed by atoms with E-state index in [0.717, 1.165) is 16.8 Å². The van der Waals surface area contributed by atoms with Gasteiger partial charge in [0, 0.05) is 11.1 Å². The van der Waals surface area contributed by atoms with Gasteiger partial charge in [-0.2, -0.15) is 10.2 Å². The number of hydrogen-bond acceptors (Lipinski definition) is 6. The topological polar surface area (TPSA) is 110 Å². The number of aromatic amines is 1. The number of nitrogen functional groups attached to an aromatic ring is 1. The van der Waals surface area contributed by atoms with Gasteiger partial charge in [-0.3, -0.25) is 5.10 Å². The first-order chi connectivity index (χ1) is 10.3. The van der Waals surface area contributed by atoms with Gasteiger partial charge < -0.3 is 5.84 Å². The van der Waals surface area contributed by atoms with Crippen LogP contribution in [0.15, 0.2) is 41.6 Å². The van der Waals surface area contributed by atoms with Crippen LogP contribution in [0.2, 0.25) is 0 Å². The fourth-order valence-corrected chi connectivity index (χ4v) is 1.83. The van der Waals surface area contributed by atoms with E-state index in [9.17, 15) is 0 Å². The first-order valence-corrected chi connectivity index (χ1v) is 6.30. The third-order valence-corrected chi connectivity index (χ3v) is 2.97. The zero-order valence-electron chi connectivity index (χ0n) is 11.4. The smallest absolute Gasteiger partial charge is 0.263 e. The molecule has 0 aliphatic heterocycles. The van der Waals surface area contributed by atoms with E-state index in [2.05, 4.69) is 30.9 Å². The molecule has 0 fully saturated rings. The van der Waals surface area contributed by atoms with Crippen LogP contribution in [0.3, 0.4) is 0 Å². The molecule has 2 aromatic heterocycles. The number of benzene rings is 1. The lowest BCUT2D eigenvalue weighted by Gasteiger charge is -2.00. The third kappa shape index (κ3) is 2.59. The standard InChI is InChI=1S/C13H14N8/c1-9-17-20-13(21(9)14)19-16-8-11-7-15-18-12(11)10-5-3-2-4-6-10/h2-8H,14H2,1H3,(H,15,18)(H,19,20)/b16-8-. The lowest BCUT2D eigenvalue weighted by molar-refractivity contribution is 0.926. The molecule has 21 heavy (non-hydrogen) atoms. The Balaban J connectivity index is 1.79. The van der Waals surface area contributed by atoms with E-state index in [1.54, 1.807) is 19.3 Å². The number of nitrogens with two attached hydrogens (primary N) is 1. The Hall–Kier alpha value is -3.16. The van der Waals surface area contributed by atoms with Crippen molar-refractivity contribution in [2.75, 3.05) is 11.3 Å². The van der Waals surface area contributed by atoms with Crippen molar-refractivity contribution in [2.24, 2.45) is 5.10 Å². The summed E-state index contributed by atoms with van der Waals surface area (Å²) >= 11 is 0. The largest absolute Gasteiger partial charge is 0.335 e. The first-order valence-electron chi connectivity index (χ1n) is 6.30. The number of H-pyrrole nitrogens is 1. The second-order valence-corrected chi connectivity index (χ2v) is 4.38. The fraction of sp³-hybridized carbons (Fsp3) is 0.0769. The maximum absolute atomic E-state index is 5.72. The lowest BCUT2D eigenvalue weighted by atomic mass is 10.1. The Morgan fingerprint density at radius 3 is 2.81 bits per heavy atom. The molecule has 106 valence electrons. The number of aryl methyl sites for hydroxylation is 1. The van der Waals surface area contributed by atoms with Gasteiger partial charge in [-0.1, -0.05) is 30.3 Å². The van der Waals surface area contributed by atoms with Crippen molar-refractivity contribution in [2.45, 2.75) is 6.92 Å². The number of nitrogens with one attached hydrogen (secondary N) is 2. The van der Waals surface area contributed by atoms with Crippen LogP contribution >= 0.6 is 0 Å². The molecule has 0 bridgehead atoms. The number of nitrogens with zero attached hydrogens (tertiary/aromatic N) is 5. The summed E-state index contributed by atoms with van der Waals surface area (Å²) in [5.41, 5.74) is 5.53. The lowest BCUT2D eigenvalue weighted by Crippen LogP contribution is -2.13. The van der Waals surface area contributed by atoms with Gasteiger partial charge in [-0.05, 0) is 6.92 Å². The molecule has 0 saturated carbocycles. The second-order valence-electron chi connectivity index (χ2n) is 4.38. The van der Waals surface area contributed by atoms with E-state index >= 15 is 0 Å². The van der Waals surface area contributed by atoms with E-state index in [1.807, 2.05) is 30.3 Å². The Bertz CT molecular complexity index is 756. The highest BCUT2D eigenvalue weighted by molar-refractivity contribution is 5.88. The fourth-order valence-electron chi connectivity index (χ4n) is 1.83. The van der Waals surface area contributed by atoms with Gasteiger partial charge in [0.15, 0.2) is 5.82 Å². The van der Waals surface area contributed by atoms with Crippen molar-refractivity contribution in [3.8, 4) is 11.3 Å². The molecule has 4 N–H and O–H groups in total. The summed E-state index contributed by atoms with van der Waals surface area (Å²) in [6.07, 6.45) is 3.35. The van der Waals surface area contributed by atoms with E-state index in [0.29, 0.717) is 11.8 Å². The molecule has 0 atom stereocenters. The summed E-state index contributed by atoms with van der Waals surface area (Å²) in [7, 11) is 0. The number of hydrazone groups is 1. The van der Waals surface area contributed by atoms with Crippen LogP contribution in [0.4, 0.5) is 5.95 Å². The van der Waals surface area contributed by atoms with Crippen LogP contribution in [0.25, 0.3) is 11.3 Å². The number of hydrogen-bond donors (Lipinski definition) is 3. The summed E-state index contributed by atoms with van der Waals surface area (Å²) < 4.78 is 1.32. The van der Waals surface area contributed by atoms with Crippen LogP contribution in [-0.2, 0) is 0 Å². The predicted molar refractivity (Wildman–Crippen MR) is 80.1 cm³/mol. The zero-order chi connectivity index (χ0) is 14.7. The van der Waals surface area contributed by atoms with Crippen LogP contribution in [0.1, 0.15) is 11.4 Å². The van der Waals surface area contributed by atoms with Gasteiger partial charge in [-0.15, -0.1) is 10.2 Å². The van der Waals surface area contributed by atoms with Crippen molar-refractivity contribution < 1.29 is 0 Å². The minimum absolute atomic E-state index is 0.369. The molecule has 0 aliphatic rings. The van der Waals surface area contributed by atoms with Crippen molar-refractivity contribution in [1.82, 2.24) is 25.1 Å². The molecule has 0 saturated heterocycles. The highest BCUT2D eigenvalue weighted by Gasteiger charge is 2.06. The summed E-state index contributed by atoms with van der Waals surface area (Å²) in [5.74, 6) is 6.69. The van der Waals surface area contributed by atoms with Crippen LogP contribution < -0.4 is 11.3 Å². The normalized spacial score (nSPS) is 11.1. The van der Waals surface area contributed by atoms with Gasteiger partial charge in [0.2, 0.25) is 0 Å². The van der Waals surface area contributed by atoms with Gasteiger partial charge in [0.1, 0.15) is 0 Å². The van der Waals surface area contributed by atoms with E-state index < -0.39 is 0 Å². The molecule has 1 aromatic carbocycles. The molecule has 2 heterocycles. The molecular formula is C13H14N8. The number of rotatable bonds is 4. The molecule has 0 radical (unpaired) electrons. The highest BCUT2D eigenvalue weighted by Crippen LogP contribution is 2.19. The molecule has 3 rings (SSSR count). The van der Waals surface area contributed by atoms with E-state index in [4.69, 9.17) is 5.84 Å². The summed E-state index contributed by atoms with van der Waals surface area (Å²) in [6.45, 7) is 1.76. The predicted octanol–water partition coefficient (Wildman–Crippen LogP) is 1.14. The Morgan fingerprint density at radius 2 is 2.10 bits per heavy atom. The zero-order valence-corrected chi connectivity index (χ0v) is 11.4. The maximum atomic E-state index is 5.72. The van der Waals surface area contributed by atoms with Crippen LogP contribution in [0.5, 0.6) is 0 Å². The maximum Gasteiger partial charge on any atom is 0.263 e. The van der Waals surface area contributed by atoms with Gasteiger partial charge in [-0.25, -0.2) is 10.1 Å². The molecule has 0 spiro atoms. The average Bonchev–Trinajstić information content (AvgIpc) is 3.10. The van der Waals surface area contributed by atoms with E-state index in [1.165, 1.54) is 4.68 Å². The molecule has 3 aromatic rings. The monoisotopic (exact) mass is 282 g/mol. The third-order valence-electron chi connectivity index (χ3n) is 2.97. The van der Waals surface area contributed by atoms with Gasteiger partial charge in [0.05, 0.1) is 18.1 Å². The van der Waals surface area contributed by atoms with Crippen molar-refractivity contribution in [1.29, 1.82) is 0 Å². The summed E-state index contributed by atoms with van der Waals surface area (Å²) in [4.78, 5) is 0. The number of aromatic nitrogens is 5. The Kier molecular flexibility index (Phi) is 3.34. The molecular weight excluding hydrogens is 268 g/mol. The number of anilines is 1. The van der Waals surface area contributed by atoms with Crippen molar-refractivity contribution in [3.63, 3.8) is 0 Å². The molecule has 0 amide bonds. The van der Waals surface area contributed by atoms with Crippen LogP contribution in [-0.4, -0.2) is 31.3 Å². The average molecular weight is 282 g/mol. The van der Waals surface area contributed by atoms with Gasteiger partial charge in [0.25, 0.3) is 5.95 Å². The van der Waals surface area contributed by atoms with Crippen molar-refractivity contribution in [3.05, 3.63) is 47.9 Å². The second kappa shape index (κ2) is 5.45. The minimum Gasteiger partial charge on any atom is -0.335 e. The Labute approximate surface area is 120 Å². The highest BCUT2D eigenvalue weighted by atomic mass is 15.5. The van der Waals surface area contributed by atoms with Crippen LogP contribution in [0, 0.1) is 6.92 Å². The Morgan fingerprint density at radius 1 is 1.29 bits per heavy atom. The molecule has 0 unspecified atom stereocenters. The first kappa shape index (κ1) is 12.9. The van der Waals surface area contributed by atoms with E-state index in [-0.39, 0.29) is 0 Å². The van der Waals surface area contributed by atoms with Gasteiger partial charge >= 0.3 is 0 Å². The SMILES string of the molecule is Cc1nnc(N/N=C\c2cn[nH]c2-c2ccccc2)n1N. The molecule has 0 aliphatic carbocycles. The molecule has 8 nitrogen and oxygen atoms in total. The summed E-state index contributed by atoms with van der Waals surface area (Å²) in [6, 6.07) is 9.89. The van der Waals surface area contributed by atoms with Crippen molar-refractivity contribution >= 4 is 12.2 Å². The minimum atomic E-state index is 0.369. The summed E-state index contributed by atoms with van der Waals surface area (Å²) in [5, 5.41) is 18.8.